The minimum absolute atomic E-state index is 0.500. The van der Waals surface area contributed by atoms with Crippen molar-refractivity contribution in [3.05, 3.63) is 45.1 Å². The Labute approximate surface area is 128 Å². The van der Waals surface area contributed by atoms with Crippen molar-refractivity contribution in [2.45, 2.75) is 20.1 Å². The third-order valence-corrected chi connectivity index (χ3v) is 3.94. The van der Waals surface area contributed by atoms with Crippen molar-refractivity contribution < 1.29 is 9.47 Å². The van der Waals surface area contributed by atoms with Crippen molar-refractivity contribution in [3.63, 3.8) is 0 Å². The minimum Gasteiger partial charge on any atom is -0.493 e. The van der Waals surface area contributed by atoms with Crippen LogP contribution in [0.1, 0.15) is 17.4 Å². The third-order valence-electron chi connectivity index (χ3n) is 2.81. The van der Waals surface area contributed by atoms with E-state index in [0.29, 0.717) is 23.1 Å². The standard InChI is InChI=1S/C15H18ClNO2S/c1-3-17-9-11-7-13(16)15(14(8-11)18-2)19-10-12-5-4-6-20-12/h4-8,17H,3,9-10H2,1-2H3. The molecule has 0 saturated carbocycles. The topological polar surface area (TPSA) is 30.5 Å². The van der Waals surface area contributed by atoms with Gasteiger partial charge in [-0.05, 0) is 35.7 Å². The number of thiophene rings is 1. The van der Waals surface area contributed by atoms with E-state index in [1.165, 1.54) is 0 Å². The Hall–Kier alpha value is -1.23. The minimum atomic E-state index is 0.500. The van der Waals surface area contributed by atoms with Crippen molar-refractivity contribution in [3.8, 4) is 11.5 Å². The van der Waals surface area contributed by atoms with E-state index in [1.807, 2.05) is 29.6 Å². The highest BCUT2D eigenvalue weighted by atomic mass is 35.5. The molecule has 1 aromatic carbocycles. The SMILES string of the molecule is CCNCc1cc(Cl)c(OCc2cccs2)c(OC)c1. The molecule has 1 N–H and O–H groups in total. The van der Waals surface area contributed by atoms with Crippen LogP contribution in [0.2, 0.25) is 5.02 Å². The molecule has 1 heterocycles. The van der Waals surface area contributed by atoms with Crippen LogP contribution in [0, 0.1) is 0 Å². The number of methoxy groups -OCH3 is 1. The first kappa shape index (κ1) is 15.2. The highest BCUT2D eigenvalue weighted by molar-refractivity contribution is 7.09. The lowest BCUT2D eigenvalue weighted by atomic mass is 10.2. The second-order valence-electron chi connectivity index (χ2n) is 4.26. The Morgan fingerprint density at radius 1 is 1.35 bits per heavy atom. The Bertz CT molecular complexity index is 543. The Morgan fingerprint density at radius 2 is 2.20 bits per heavy atom. The van der Waals surface area contributed by atoms with E-state index in [4.69, 9.17) is 21.1 Å². The maximum Gasteiger partial charge on any atom is 0.180 e. The van der Waals surface area contributed by atoms with Gasteiger partial charge in [-0.15, -0.1) is 11.3 Å². The highest BCUT2D eigenvalue weighted by Crippen LogP contribution is 2.37. The summed E-state index contributed by atoms with van der Waals surface area (Å²) in [7, 11) is 1.63. The molecule has 20 heavy (non-hydrogen) atoms. The van der Waals surface area contributed by atoms with Crippen LogP contribution in [0.15, 0.2) is 29.6 Å². The van der Waals surface area contributed by atoms with Gasteiger partial charge < -0.3 is 14.8 Å². The zero-order valence-electron chi connectivity index (χ0n) is 11.6. The van der Waals surface area contributed by atoms with Crippen molar-refractivity contribution in [1.29, 1.82) is 0 Å². The van der Waals surface area contributed by atoms with Crippen molar-refractivity contribution in [2.75, 3.05) is 13.7 Å². The van der Waals surface area contributed by atoms with Crippen LogP contribution >= 0.6 is 22.9 Å². The van der Waals surface area contributed by atoms with Gasteiger partial charge in [-0.25, -0.2) is 0 Å². The second-order valence-corrected chi connectivity index (χ2v) is 5.70. The molecule has 0 fully saturated rings. The molecule has 0 radical (unpaired) electrons. The van der Waals surface area contributed by atoms with Gasteiger partial charge in [0.1, 0.15) is 6.61 Å². The predicted octanol–water partition coefficient (Wildman–Crippen LogP) is 4.10. The van der Waals surface area contributed by atoms with E-state index in [2.05, 4.69) is 12.2 Å². The van der Waals surface area contributed by atoms with Crippen LogP contribution in [-0.4, -0.2) is 13.7 Å². The number of hydrogen-bond donors (Lipinski definition) is 1. The quantitative estimate of drug-likeness (QED) is 0.835. The van der Waals surface area contributed by atoms with E-state index < -0.39 is 0 Å². The van der Waals surface area contributed by atoms with Crippen LogP contribution in [0.25, 0.3) is 0 Å². The van der Waals surface area contributed by atoms with Crippen molar-refractivity contribution in [2.24, 2.45) is 0 Å². The second kappa shape index (κ2) is 7.53. The van der Waals surface area contributed by atoms with Gasteiger partial charge in [0.25, 0.3) is 0 Å². The first-order valence-electron chi connectivity index (χ1n) is 6.47. The molecule has 108 valence electrons. The molecular weight excluding hydrogens is 294 g/mol. The first-order chi connectivity index (χ1) is 9.74. The molecule has 0 spiro atoms. The molecule has 0 unspecified atom stereocenters. The molecule has 0 atom stereocenters. The number of hydrogen-bond acceptors (Lipinski definition) is 4. The summed E-state index contributed by atoms with van der Waals surface area (Å²) in [6, 6.07) is 7.90. The van der Waals surface area contributed by atoms with Gasteiger partial charge in [0.05, 0.1) is 12.1 Å². The zero-order valence-corrected chi connectivity index (χ0v) is 13.2. The fourth-order valence-electron chi connectivity index (χ4n) is 1.82. The normalized spacial score (nSPS) is 10.6. The van der Waals surface area contributed by atoms with E-state index in [9.17, 15) is 0 Å². The molecule has 2 aromatic rings. The molecule has 0 bridgehead atoms. The lowest BCUT2D eigenvalue weighted by Gasteiger charge is -2.14. The largest absolute Gasteiger partial charge is 0.493 e. The molecule has 1 aromatic heterocycles. The van der Waals surface area contributed by atoms with Crippen molar-refractivity contribution >= 4 is 22.9 Å². The van der Waals surface area contributed by atoms with Gasteiger partial charge in [0, 0.05) is 11.4 Å². The Kier molecular flexibility index (Phi) is 5.71. The first-order valence-corrected chi connectivity index (χ1v) is 7.72. The molecule has 0 amide bonds. The van der Waals surface area contributed by atoms with E-state index >= 15 is 0 Å². The fourth-order valence-corrected chi connectivity index (χ4v) is 2.73. The third kappa shape index (κ3) is 3.88. The van der Waals surface area contributed by atoms with Crippen LogP contribution in [0.4, 0.5) is 0 Å². The van der Waals surface area contributed by atoms with Crippen LogP contribution < -0.4 is 14.8 Å². The Balaban J connectivity index is 2.14. The molecule has 0 aliphatic heterocycles. The molecule has 0 aliphatic rings. The van der Waals surface area contributed by atoms with Gasteiger partial charge in [-0.2, -0.15) is 0 Å². The summed E-state index contributed by atoms with van der Waals surface area (Å²) < 4.78 is 11.2. The summed E-state index contributed by atoms with van der Waals surface area (Å²) in [6.45, 7) is 4.24. The molecule has 2 rings (SSSR count). The Morgan fingerprint density at radius 3 is 2.85 bits per heavy atom. The summed E-state index contributed by atoms with van der Waals surface area (Å²) in [5.41, 5.74) is 1.08. The number of rotatable bonds is 7. The summed E-state index contributed by atoms with van der Waals surface area (Å²) in [4.78, 5) is 1.15. The van der Waals surface area contributed by atoms with Gasteiger partial charge in [0.2, 0.25) is 0 Å². The summed E-state index contributed by atoms with van der Waals surface area (Å²) in [6.07, 6.45) is 0. The summed E-state index contributed by atoms with van der Waals surface area (Å²) >= 11 is 7.96. The van der Waals surface area contributed by atoms with Crippen molar-refractivity contribution in [1.82, 2.24) is 5.32 Å². The number of halogens is 1. The van der Waals surface area contributed by atoms with Gasteiger partial charge >= 0.3 is 0 Å². The zero-order chi connectivity index (χ0) is 14.4. The molecule has 3 nitrogen and oxygen atoms in total. The number of benzene rings is 1. The van der Waals surface area contributed by atoms with Gasteiger partial charge in [0.15, 0.2) is 11.5 Å². The lowest BCUT2D eigenvalue weighted by Crippen LogP contribution is -2.12. The monoisotopic (exact) mass is 311 g/mol. The van der Waals surface area contributed by atoms with E-state index in [-0.39, 0.29) is 0 Å². The molecule has 5 heteroatoms. The fraction of sp³-hybridized carbons (Fsp3) is 0.333. The number of ether oxygens (including phenoxy) is 2. The van der Waals surface area contributed by atoms with Crippen LogP contribution in [0.5, 0.6) is 11.5 Å². The lowest BCUT2D eigenvalue weighted by molar-refractivity contribution is 0.287. The highest BCUT2D eigenvalue weighted by Gasteiger charge is 2.12. The smallest absolute Gasteiger partial charge is 0.180 e. The molecule has 0 saturated heterocycles. The van der Waals surface area contributed by atoms with Gasteiger partial charge in [-0.3, -0.25) is 0 Å². The molecular formula is C15H18ClNO2S. The molecule has 0 aliphatic carbocycles. The average Bonchev–Trinajstić information content (AvgIpc) is 2.96. The average molecular weight is 312 g/mol. The summed E-state index contributed by atoms with van der Waals surface area (Å²) in [5, 5.41) is 5.87. The summed E-state index contributed by atoms with van der Waals surface area (Å²) in [5.74, 6) is 1.27. The van der Waals surface area contributed by atoms with E-state index in [1.54, 1.807) is 18.4 Å². The van der Waals surface area contributed by atoms with E-state index in [0.717, 1.165) is 23.5 Å². The number of nitrogens with one attached hydrogen (secondary N) is 1. The van der Waals surface area contributed by atoms with Crippen LogP contribution in [-0.2, 0) is 13.2 Å². The van der Waals surface area contributed by atoms with Crippen LogP contribution in [0.3, 0.4) is 0 Å². The maximum atomic E-state index is 6.30. The van der Waals surface area contributed by atoms with Gasteiger partial charge in [-0.1, -0.05) is 24.6 Å². The predicted molar refractivity (Wildman–Crippen MR) is 84.0 cm³/mol. The maximum absolute atomic E-state index is 6.30.